The molecule has 0 spiro atoms. The monoisotopic (exact) mass is 245 g/mol. The number of hydrogen-bond donors (Lipinski definition) is 2. The lowest BCUT2D eigenvalue weighted by molar-refractivity contribution is 0.0781. The van der Waals surface area contributed by atoms with Gasteiger partial charge in [-0.1, -0.05) is 0 Å². The van der Waals surface area contributed by atoms with Crippen molar-refractivity contribution in [3.8, 4) is 0 Å². The highest BCUT2D eigenvalue weighted by atomic mass is 16.2. The maximum Gasteiger partial charge on any atom is 0.254 e. The van der Waals surface area contributed by atoms with Crippen molar-refractivity contribution in [2.24, 2.45) is 0 Å². The Morgan fingerprint density at radius 1 is 1.50 bits per heavy atom. The molecule has 0 unspecified atom stereocenters. The van der Waals surface area contributed by atoms with Crippen molar-refractivity contribution >= 4 is 11.6 Å². The van der Waals surface area contributed by atoms with E-state index in [1.54, 1.807) is 30.1 Å². The lowest BCUT2D eigenvalue weighted by Crippen LogP contribution is -2.27. The van der Waals surface area contributed by atoms with Crippen LogP contribution < -0.4 is 5.73 Å². The maximum absolute atomic E-state index is 12.2. The quantitative estimate of drug-likeness (QED) is 0.788. The van der Waals surface area contributed by atoms with Crippen LogP contribution >= 0.6 is 0 Å². The predicted molar refractivity (Wildman–Crippen MR) is 67.8 cm³/mol. The number of carbonyl (C=O) groups excluding carboxylic acids is 1. The van der Waals surface area contributed by atoms with Gasteiger partial charge in [-0.05, 0) is 30.7 Å². The van der Waals surface area contributed by atoms with Crippen LogP contribution in [0, 0.1) is 6.92 Å². The zero-order valence-electron chi connectivity index (χ0n) is 10.3. The second-order valence-corrected chi connectivity index (χ2v) is 4.17. The van der Waals surface area contributed by atoms with Gasteiger partial charge in [-0.15, -0.1) is 0 Å². The van der Waals surface area contributed by atoms with E-state index in [0.29, 0.717) is 23.6 Å². The fourth-order valence-electron chi connectivity index (χ4n) is 1.74. The lowest BCUT2D eigenvalue weighted by atomic mass is 10.1. The molecular weight excluding hydrogens is 230 g/mol. The van der Waals surface area contributed by atoms with Crippen LogP contribution in [0.1, 0.15) is 21.7 Å². The van der Waals surface area contributed by atoms with E-state index < -0.39 is 0 Å². The molecule has 6 nitrogen and oxygen atoms in total. The van der Waals surface area contributed by atoms with E-state index in [4.69, 9.17) is 5.73 Å². The largest absolute Gasteiger partial charge is 0.399 e. The first-order valence-corrected chi connectivity index (χ1v) is 5.54. The Kier molecular flexibility index (Phi) is 3.27. The standard InChI is InChI=1S/C12H15N5O/c1-8-5-9(13)3-4-10(8)12(18)17(2)6-11-14-7-15-16-11/h3-5,7H,6,13H2,1-2H3,(H,14,15,16). The molecule has 0 atom stereocenters. The molecule has 2 aromatic rings. The normalized spacial score (nSPS) is 10.3. The zero-order chi connectivity index (χ0) is 13.1. The van der Waals surface area contributed by atoms with E-state index in [2.05, 4.69) is 15.2 Å². The average molecular weight is 245 g/mol. The van der Waals surface area contributed by atoms with Crippen molar-refractivity contribution in [2.75, 3.05) is 12.8 Å². The van der Waals surface area contributed by atoms with Crippen molar-refractivity contribution in [1.82, 2.24) is 20.1 Å². The first kappa shape index (κ1) is 12.1. The molecule has 0 saturated carbocycles. The molecular formula is C12H15N5O. The van der Waals surface area contributed by atoms with Crippen LogP contribution in [0.25, 0.3) is 0 Å². The van der Waals surface area contributed by atoms with E-state index in [9.17, 15) is 4.79 Å². The smallest absolute Gasteiger partial charge is 0.254 e. The fraction of sp³-hybridized carbons (Fsp3) is 0.250. The number of anilines is 1. The highest BCUT2D eigenvalue weighted by molar-refractivity contribution is 5.95. The average Bonchev–Trinajstić information content (AvgIpc) is 2.81. The van der Waals surface area contributed by atoms with Gasteiger partial charge >= 0.3 is 0 Å². The molecule has 1 aromatic heterocycles. The van der Waals surface area contributed by atoms with Gasteiger partial charge < -0.3 is 10.6 Å². The van der Waals surface area contributed by atoms with Gasteiger partial charge in [-0.25, -0.2) is 4.98 Å². The van der Waals surface area contributed by atoms with Crippen LogP contribution in [-0.2, 0) is 6.54 Å². The van der Waals surface area contributed by atoms with Crippen LogP contribution in [-0.4, -0.2) is 33.0 Å². The number of hydrogen-bond acceptors (Lipinski definition) is 4. The Morgan fingerprint density at radius 2 is 2.28 bits per heavy atom. The van der Waals surface area contributed by atoms with Crippen molar-refractivity contribution in [3.63, 3.8) is 0 Å². The van der Waals surface area contributed by atoms with Crippen LogP contribution in [0.4, 0.5) is 5.69 Å². The van der Waals surface area contributed by atoms with Gasteiger partial charge in [0.2, 0.25) is 0 Å². The molecule has 6 heteroatoms. The summed E-state index contributed by atoms with van der Waals surface area (Å²) < 4.78 is 0. The number of amides is 1. The SMILES string of the molecule is Cc1cc(N)ccc1C(=O)N(C)Cc1ncn[nH]1. The van der Waals surface area contributed by atoms with Gasteiger partial charge in [-0.2, -0.15) is 5.10 Å². The fourth-order valence-corrected chi connectivity index (χ4v) is 1.74. The number of benzene rings is 1. The van der Waals surface area contributed by atoms with Crippen LogP contribution in [0.5, 0.6) is 0 Å². The number of nitrogens with zero attached hydrogens (tertiary/aromatic N) is 3. The summed E-state index contributed by atoms with van der Waals surface area (Å²) in [6.07, 6.45) is 1.42. The van der Waals surface area contributed by atoms with E-state index in [1.807, 2.05) is 6.92 Å². The minimum atomic E-state index is -0.0658. The first-order valence-electron chi connectivity index (χ1n) is 5.54. The molecule has 0 radical (unpaired) electrons. The predicted octanol–water partition coefficient (Wildman–Crippen LogP) is 0.968. The molecule has 1 heterocycles. The summed E-state index contributed by atoms with van der Waals surface area (Å²) in [7, 11) is 1.72. The number of rotatable bonds is 3. The summed E-state index contributed by atoms with van der Waals surface area (Å²) in [5.74, 6) is 0.586. The van der Waals surface area contributed by atoms with E-state index in [0.717, 1.165) is 5.56 Å². The molecule has 0 aliphatic carbocycles. The second kappa shape index (κ2) is 4.87. The molecule has 0 fully saturated rings. The molecule has 0 bridgehead atoms. The van der Waals surface area contributed by atoms with Gasteiger partial charge in [0.25, 0.3) is 5.91 Å². The van der Waals surface area contributed by atoms with E-state index >= 15 is 0 Å². The van der Waals surface area contributed by atoms with Gasteiger partial charge in [0.1, 0.15) is 12.2 Å². The first-order chi connectivity index (χ1) is 8.58. The minimum absolute atomic E-state index is 0.0658. The highest BCUT2D eigenvalue weighted by Gasteiger charge is 2.15. The number of nitrogens with one attached hydrogen (secondary N) is 1. The molecule has 1 amide bonds. The summed E-state index contributed by atoms with van der Waals surface area (Å²) >= 11 is 0. The molecule has 0 aliphatic rings. The number of aromatic amines is 1. The van der Waals surface area contributed by atoms with Gasteiger partial charge in [-0.3, -0.25) is 9.89 Å². The van der Waals surface area contributed by atoms with Crippen molar-refractivity contribution in [2.45, 2.75) is 13.5 Å². The summed E-state index contributed by atoms with van der Waals surface area (Å²) in [6.45, 7) is 2.26. The number of aryl methyl sites for hydroxylation is 1. The highest BCUT2D eigenvalue weighted by Crippen LogP contribution is 2.14. The van der Waals surface area contributed by atoms with E-state index in [-0.39, 0.29) is 5.91 Å². The van der Waals surface area contributed by atoms with Gasteiger partial charge in [0, 0.05) is 18.3 Å². The lowest BCUT2D eigenvalue weighted by Gasteiger charge is -2.17. The van der Waals surface area contributed by atoms with Crippen LogP contribution in [0.3, 0.4) is 0 Å². The molecule has 1 aromatic carbocycles. The summed E-state index contributed by atoms with van der Waals surface area (Å²) in [5, 5.41) is 6.47. The molecule has 0 aliphatic heterocycles. The number of aromatic nitrogens is 3. The topological polar surface area (TPSA) is 87.9 Å². The summed E-state index contributed by atoms with van der Waals surface area (Å²) in [4.78, 5) is 17.8. The zero-order valence-corrected chi connectivity index (χ0v) is 10.3. The summed E-state index contributed by atoms with van der Waals surface area (Å²) in [6, 6.07) is 5.25. The molecule has 18 heavy (non-hydrogen) atoms. The van der Waals surface area contributed by atoms with Crippen LogP contribution in [0.15, 0.2) is 24.5 Å². The third-order valence-corrected chi connectivity index (χ3v) is 2.68. The maximum atomic E-state index is 12.2. The molecule has 2 rings (SSSR count). The Labute approximate surface area is 105 Å². The van der Waals surface area contributed by atoms with Crippen LogP contribution in [0.2, 0.25) is 0 Å². The Balaban J connectivity index is 2.15. The Hall–Kier alpha value is -2.37. The minimum Gasteiger partial charge on any atom is -0.399 e. The number of nitrogen functional groups attached to an aromatic ring is 1. The van der Waals surface area contributed by atoms with Crippen molar-refractivity contribution in [1.29, 1.82) is 0 Å². The number of nitrogens with two attached hydrogens (primary N) is 1. The number of carbonyl (C=O) groups is 1. The van der Waals surface area contributed by atoms with Crippen molar-refractivity contribution < 1.29 is 4.79 Å². The number of H-pyrrole nitrogens is 1. The Bertz CT molecular complexity index is 550. The Morgan fingerprint density at radius 3 is 2.89 bits per heavy atom. The van der Waals surface area contributed by atoms with Crippen molar-refractivity contribution in [3.05, 3.63) is 41.5 Å². The second-order valence-electron chi connectivity index (χ2n) is 4.17. The summed E-state index contributed by atoms with van der Waals surface area (Å²) in [5.41, 5.74) is 7.83. The molecule has 0 saturated heterocycles. The van der Waals surface area contributed by atoms with E-state index in [1.165, 1.54) is 6.33 Å². The van der Waals surface area contributed by atoms with Gasteiger partial charge in [0.15, 0.2) is 0 Å². The molecule has 94 valence electrons. The third kappa shape index (κ3) is 2.48. The third-order valence-electron chi connectivity index (χ3n) is 2.68. The molecule has 3 N–H and O–H groups in total. The van der Waals surface area contributed by atoms with Gasteiger partial charge in [0.05, 0.1) is 6.54 Å².